The van der Waals surface area contributed by atoms with Gasteiger partial charge in [-0.15, -0.1) is 0 Å². The number of amides is 1. The molecule has 27 heavy (non-hydrogen) atoms. The van der Waals surface area contributed by atoms with E-state index in [0.717, 1.165) is 12.0 Å². The average molecular weight is 410 g/mol. The van der Waals surface area contributed by atoms with Gasteiger partial charge in [0.25, 0.3) is 0 Å². The van der Waals surface area contributed by atoms with Crippen molar-refractivity contribution in [3.63, 3.8) is 0 Å². The number of aryl methyl sites for hydroxylation is 1. The van der Waals surface area contributed by atoms with Crippen molar-refractivity contribution in [2.75, 3.05) is 0 Å². The fraction of sp³-hybridized carbons (Fsp3) is 0.350. The Balaban J connectivity index is 2.19. The first-order valence-corrected chi connectivity index (χ1v) is 10.5. The number of benzene rings is 2. The molecule has 0 aliphatic rings. The molecule has 0 bridgehead atoms. The average Bonchev–Trinajstić information content (AvgIpc) is 2.59. The topological polar surface area (TPSA) is 63.7 Å². The van der Waals surface area contributed by atoms with Crippen LogP contribution in [-0.4, -0.2) is 25.3 Å². The molecule has 5 nitrogen and oxygen atoms in total. The summed E-state index contributed by atoms with van der Waals surface area (Å²) < 4.78 is 30.4. The van der Waals surface area contributed by atoms with Crippen LogP contribution >= 0.6 is 11.6 Å². The second kappa shape index (κ2) is 8.76. The minimum Gasteiger partial charge on any atom is -0.379 e. The van der Waals surface area contributed by atoms with Crippen LogP contribution in [-0.2, 0) is 21.5 Å². The predicted molar refractivity (Wildman–Crippen MR) is 106 cm³/mol. The van der Waals surface area contributed by atoms with Crippen LogP contribution in [0.25, 0.3) is 0 Å². The van der Waals surface area contributed by atoms with Gasteiger partial charge in [-0.3, -0.25) is 4.79 Å². The first-order valence-electron chi connectivity index (χ1n) is 8.71. The summed E-state index contributed by atoms with van der Waals surface area (Å²) in [6.45, 7) is 7.69. The smallest absolute Gasteiger partial charge is 0.340 e. The van der Waals surface area contributed by atoms with E-state index < -0.39 is 10.1 Å². The molecular formula is C20H24ClNO4S. The molecule has 1 atom stereocenters. The van der Waals surface area contributed by atoms with Crippen LogP contribution < -0.4 is 4.18 Å². The number of rotatable bonds is 7. The Bertz CT molecular complexity index is 890. The van der Waals surface area contributed by atoms with Crippen molar-refractivity contribution in [3.05, 3.63) is 58.6 Å². The maximum atomic E-state index is 12.6. The van der Waals surface area contributed by atoms with E-state index in [1.54, 1.807) is 55.1 Å². The van der Waals surface area contributed by atoms with E-state index in [2.05, 4.69) is 0 Å². The summed E-state index contributed by atoms with van der Waals surface area (Å²) in [6.07, 6.45) is 0.857. The molecule has 0 saturated heterocycles. The summed E-state index contributed by atoms with van der Waals surface area (Å²) in [5.41, 5.74) is 1.41. The highest BCUT2D eigenvalue weighted by Gasteiger charge is 2.23. The zero-order chi connectivity index (χ0) is 20.2. The summed E-state index contributed by atoms with van der Waals surface area (Å²) in [7, 11) is -4.04. The molecule has 0 aliphatic heterocycles. The lowest BCUT2D eigenvalue weighted by Crippen LogP contribution is -2.36. The quantitative estimate of drug-likeness (QED) is 0.628. The first-order chi connectivity index (χ1) is 12.7. The van der Waals surface area contributed by atoms with Gasteiger partial charge in [-0.2, -0.15) is 8.42 Å². The molecule has 0 spiro atoms. The molecule has 2 rings (SSSR count). The van der Waals surface area contributed by atoms with E-state index in [-0.39, 0.29) is 27.6 Å². The molecule has 0 unspecified atom stereocenters. The van der Waals surface area contributed by atoms with Gasteiger partial charge in [0, 0.05) is 19.5 Å². The zero-order valence-corrected chi connectivity index (χ0v) is 17.5. The molecule has 0 fully saturated rings. The lowest BCUT2D eigenvalue weighted by atomic mass is 10.1. The van der Waals surface area contributed by atoms with Gasteiger partial charge < -0.3 is 9.08 Å². The van der Waals surface area contributed by atoms with Gasteiger partial charge in [0.2, 0.25) is 5.91 Å². The first kappa shape index (κ1) is 21.3. The van der Waals surface area contributed by atoms with Gasteiger partial charge in [0.1, 0.15) is 10.6 Å². The Kier molecular flexibility index (Phi) is 6.89. The van der Waals surface area contributed by atoms with Crippen LogP contribution in [0.15, 0.2) is 47.4 Å². The zero-order valence-electron chi connectivity index (χ0n) is 15.9. The van der Waals surface area contributed by atoms with Crippen LogP contribution in [0.1, 0.15) is 38.3 Å². The van der Waals surface area contributed by atoms with Crippen LogP contribution in [0, 0.1) is 6.92 Å². The van der Waals surface area contributed by atoms with Gasteiger partial charge in [0.15, 0.2) is 0 Å². The molecule has 0 radical (unpaired) electrons. The minimum absolute atomic E-state index is 0.00134. The van der Waals surface area contributed by atoms with Crippen molar-refractivity contribution in [1.82, 2.24) is 4.90 Å². The number of hydrogen-bond acceptors (Lipinski definition) is 4. The number of nitrogens with zero attached hydrogens (tertiary/aromatic N) is 1. The highest BCUT2D eigenvalue weighted by atomic mass is 35.5. The second-order valence-electron chi connectivity index (χ2n) is 6.47. The molecule has 0 aliphatic carbocycles. The van der Waals surface area contributed by atoms with Crippen molar-refractivity contribution < 1.29 is 17.4 Å². The van der Waals surface area contributed by atoms with E-state index >= 15 is 0 Å². The van der Waals surface area contributed by atoms with Gasteiger partial charge in [-0.05, 0) is 49.6 Å². The monoisotopic (exact) mass is 409 g/mol. The summed E-state index contributed by atoms with van der Waals surface area (Å²) in [6, 6.07) is 11.6. The third kappa shape index (κ3) is 5.23. The predicted octanol–water partition coefficient (Wildman–Crippen LogP) is 4.56. The van der Waals surface area contributed by atoms with Crippen molar-refractivity contribution in [3.8, 4) is 5.75 Å². The minimum atomic E-state index is -4.04. The molecule has 0 saturated carbocycles. The molecule has 7 heteroatoms. The molecule has 0 heterocycles. The maximum absolute atomic E-state index is 12.6. The standard InChI is InChI=1S/C20H24ClNO4S/c1-5-15(3)22(16(4)23)13-17-9-11-18(12-10-17)26-27(24,25)20-14(2)7-6-8-19(20)21/h6-12,15H,5,13H2,1-4H3/t15-/m1/s1. The Hall–Kier alpha value is -2.05. The molecule has 0 aromatic heterocycles. The van der Waals surface area contributed by atoms with Gasteiger partial charge in [-0.1, -0.05) is 42.8 Å². The van der Waals surface area contributed by atoms with Crippen LogP contribution in [0.4, 0.5) is 0 Å². The Morgan fingerprint density at radius 3 is 2.33 bits per heavy atom. The molecule has 2 aromatic carbocycles. The number of halogens is 1. The summed E-state index contributed by atoms with van der Waals surface area (Å²) in [4.78, 5) is 13.6. The van der Waals surface area contributed by atoms with Crippen molar-refractivity contribution in [2.24, 2.45) is 0 Å². The summed E-state index contributed by atoms with van der Waals surface area (Å²) >= 11 is 6.04. The van der Waals surface area contributed by atoms with E-state index in [1.165, 1.54) is 6.07 Å². The van der Waals surface area contributed by atoms with Gasteiger partial charge in [-0.25, -0.2) is 0 Å². The van der Waals surface area contributed by atoms with Crippen molar-refractivity contribution in [2.45, 2.75) is 51.6 Å². The Morgan fingerprint density at radius 1 is 1.19 bits per heavy atom. The molecule has 146 valence electrons. The molecule has 1 amide bonds. The lowest BCUT2D eigenvalue weighted by Gasteiger charge is -2.27. The van der Waals surface area contributed by atoms with Crippen LogP contribution in [0.3, 0.4) is 0 Å². The third-order valence-corrected chi connectivity index (χ3v) is 6.30. The normalized spacial score (nSPS) is 12.5. The van der Waals surface area contributed by atoms with E-state index in [9.17, 15) is 13.2 Å². The van der Waals surface area contributed by atoms with Gasteiger partial charge >= 0.3 is 10.1 Å². The highest BCUT2D eigenvalue weighted by molar-refractivity contribution is 7.87. The van der Waals surface area contributed by atoms with Crippen molar-refractivity contribution in [1.29, 1.82) is 0 Å². The SMILES string of the molecule is CC[C@@H](C)N(Cc1ccc(OS(=O)(=O)c2c(C)cccc2Cl)cc1)C(C)=O. The van der Waals surface area contributed by atoms with E-state index in [0.29, 0.717) is 12.1 Å². The second-order valence-corrected chi connectivity index (χ2v) is 8.36. The molecule has 0 N–H and O–H groups in total. The maximum Gasteiger partial charge on any atom is 0.340 e. The number of carbonyl (C=O) groups is 1. The van der Waals surface area contributed by atoms with E-state index in [4.69, 9.17) is 15.8 Å². The van der Waals surface area contributed by atoms with E-state index in [1.807, 2.05) is 13.8 Å². The number of hydrogen-bond donors (Lipinski definition) is 0. The lowest BCUT2D eigenvalue weighted by molar-refractivity contribution is -0.131. The summed E-state index contributed by atoms with van der Waals surface area (Å²) in [5, 5.41) is 0.122. The van der Waals surface area contributed by atoms with Crippen molar-refractivity contribution >= 4 is 27.6 Å². The van der Waals surface area contributed by atoms with Gasteiger partial charge in [0.05, 0.1) is 5.02 Å². The molecular weight excluding hydrogens is 386 g/mol. The fourth-order valence-corrected chi connectivity index (χ4v) is 4.47. The van der Waals surface area contributed by atoms with Crippen LogP contribution in [0.2, 0.25) is 5.02 Å². The number of carbonyl (C=O) groups excluding carboxylic acids is 1. The fourth-order valence-electron chi connectivity index (χ4n) is 2.75. The Labute approximate surface area is 166 Å². The summed E-state index contributed by atoms with van der Waals surface area (Å²) in [5.74, 6) is 0.192. The third-order valence-electron chi connectivity index (χ3n) is 4.42. The largest absolute Gasteiger partial charge is 0.379 e. The van der Waals surface area contributed by atoms with Crippen LogP contribution in [0.5, 0.6) is 5.75 Å². The highest BCUT2D eigenvalue weighted by Crippen LogP contribution is 2.28. The Morgan fingerprint density at radius 2 is 1.81 bits per heavy atom. The molecule has 2 aromatic rings.